The molecule has 0 spiro atoms. The van der Waals surface area contributed by atoms with Crippen molar-refractivity contribution < 1.29 is 22.7 Å². The maximum Gasteiger partial charge on any atom is 0.349 e. The van der Waals surface area contributed by atoms with Crippen LogP contribution in [-0.4, -0.2) is 52.1 Å². The Bertz CT molecular complexity index is 580. The molecule has 1 saturated heterocycles. The van der Waals surface area contributed by atoms with Gasteiger partial charge in [0.1, 0.15) is 9.77 Å². The largest absolute Gasteiger partial charge is 0.465 e. The first kappa shape index (κ1) is 15.4. The number of carbonyl (C=O) groups excluding carboxylic acids is 1. The smallest absolute Gasteiger partial charge is 0.349 e. The molecular weight excluding hydrogens is 302 g/mol. The minimum Gasteiger partial charge on any atom is -0.465 e. The lowest BCUT2D eigenvalue weighted by Gasteiger charge is -2.23. The predicted octanol–water partition coefficient (Wildman–Crippen LogP) is 1.33. The lowest BCUT2D eigenvalue weighted by atomic mass is 10.2. The molecule has 0 N–H and O–H groups in total. The Balaban J connectivity index is 2.35. The molecule has 0 aromatic carbocycles. The molecule has 0 aliphatic carbocycles. The van der Waals surface area contributed by atoms with Gasteiger partial charge in [0.25, 0.3) is 0 Å². The summed E-state index contributed by atoms with van der Waals surface area (Å²) in [5.41, 5.74) is 0. The fourth-order valence-electron chi connectivity index (χ4n) is 2.35. The van der Waals surface area contributed by atoms with Gasteiger partial charge in [-0.05, 0) is 24.3 Å². The van der Waals surface area contributed by atoms with E-state index in [-0.39, 0.29) is 15.8 Å². The summed E-state index contributed by atoms with van der Waals surface area (Å²) in [6, 6.07) is 1.28. The van der Waals surface area contributed by atoms with Crippen LogP contribution in [-0.2, 0) is 19.5 Å². The topological polar surface area (TPSA) is 72.9 Å². The maximum absolute atomic E-state index is 12.7. The van der Waals surface area contributed by atoms with Crippen molar-refractivity contribution in [3.05, 3.63) is 16.3 Å². The summed E-state index contributed by atoms with van der Waals surface area (Å²) < 4.78 is 36.5. The molecule has 1 aliphatic heterocycles. The third-order valence-electron chi connectivity index (χ3n) is 3.27. The number of hydrogen-bond donors (Lipinski definition) is 0. The summed E-state index contributed by atoms with van der Waals surface area (Å²) in [6.07, 6.45) is 1.57. The number of hydrogen-bond acceptors (Lipinski definition) is 6. The number of rotatable bonds is 5. The van der Waals surface area contributed by atoms with Crippen LogP contribution in [0.4, 0.5) is 0 Å². The minimum absolute atomic E-state index is 0.0253. The van der Waals surface area contributed by atoms with Gasteiger partial charge >= 0.3 is 5.97 Å². The van der Waals surface area contributed by atoms with Gasteiger partial charge in [-0.3, -0.25) is 0 Å². The van der Waals surface area contributed by atoms with Crippen molar-refractivity contribution >= 4 is 27.3 Å². The zero-order valence-corrected chi connectivity index (χ0v) is 13.0. The van der Waals surface area contributed by atoms with Crippen molar-refractivity contribution in [2.75, 3.05) is 27.4 Å². The normalized spacial score (nSPS) is 20.2. The first-order valence-electron chi connectivity index (χ1n) is 6.19. The molecule has 2 heterocycles. The number of methoxy groups -OCH3 is 2. The van der Waals surface area contributed by atoms with E-state index >= 15 is 0 Å². The Kier molecular flexibility index (Phi) is 4.79. The fourth-order valence-corrected chi connectivity index (χ4v) is 5.34. The second-order valence-corrected chi connectivity index (χ2v) is 7.25. The van der Waals surface area contributed by atoms with Crippen molar-refractivity contribution in [3.8, 4) is 0 Å². The molecule has 0 saturated carbocycles. The van der Waals surface area contributed by atoms with Crippen LogP contribution in [0.5, 0.6) is 0 Å². The molecule has 0 amide bonds. The van der Waals surface area contributed by atoms with Crippen molar-refractivity contribution in [2.24, 2.45) is 0 Å². The number of sulfonamides is 1. The van der Waals surface area contributed by atoms with Crippen molar-refractivity contribution in [1.29, 1.82) is 0 Å². The average molecular weight is 319 g/mol. The van der Waals surface area contributed by atoms with Crippen LogP contribution < -0.4 is 0 Å². The SMILES string of the molecule is COCC1CCCN1S(=O)(=O)c1ccsc1C(=O)OC. The van der Waals surface area contributed by atoms with E-state index in [0.717, 1.165) is 24.2 Å². The van der Waals surface area contributed by atoms with Crippen molar-refractivity contribution in [3.63, 3.8) is 0 Å². The molecule has 20 heavy (non-hydrogen) atoms. The third kappa shape index (κ3) is 2.73. The summed E-state index contributed by atoms with van der Waals surface area (Å²) in [4.78, 5) is 11.8. The van der Waals surface area contributed by atoms with Gasteiger partial charge in [0.05, 0.1) is 13.7 Å². The highest BCUT2D eigenvalue weighted by Gasteiger charge is 2.37. The third-order valence-corrected chi connectivity index (χ3v) is 6.29. The van der Waals surface area contributed by atoms with Gasteiger partial charge in [0.15, 0.2) is 0 Å². The van der Waals surface area contributed by atoms with Crippen LogP contribution in [0.1, 0.15) is 22.5 Å². The molecule has 1 fully saturated rings. The van der Waals surface area contributed by atoms with Gasteiger partial charge in [0, 0.05) is 19.7 Å². The highest BCUT2D eigenvalue weighted by Crippen LogP contribution is 2.30. The molecule has 0 radical (unpaired) electrons. The molecule has 8 heteroatoms. The standard InChI is InChI=1S/C12H17NO5S2/c1-17-8-9-4-3-6-13(9)20(15,16)10-5-7-19-11(10)12(14)18-2/h5,7,9H,3-4,6,8H2,1-2H3. The van der Waals surface area contributed by atoms with E-state index in [1.807, 2.05) is 0 Å². The van der Waals surface area contributed by atoms with Gasteiger partial charge in [-0.25, -0.2) is 13.2 Å². The van der Waals surface area contributed by atoms with Crippen molar-refractivity contribution in [2.45, 2.75) is 23.8 Å². The number of ether oxygens (including phenoxy) is 2. The van der Waals surface area contributed by atoms with Crippen LogP contribution in [0.2, 0.25) is 0 Å². The molecule has 6 nitrogen and oxygen atoms in total. The highest BCUT2D eigenvalue weighted by atomic mass is 32.2. The van der Waals surface area contributed by atoms with Gasteiger partial charge in [-0.2, -0.15) is 4.31 Å². The van der Waals surface area contributed by atoms with E-state index in [1.54, 1.807) is 12.5 Å². The molecule has 112 valence electrons. The summed E-state index contributed by atoms with van der Waals surface area (Å²) in [6.45, 7) is 0.809. The van der Waals surface area contributed by atoms with Crippen LogP contribution in [0, 0.1) is 0 Å². The molecular formula is C12H17NO5S2. The summed E-state index contributed by atoms with van der Waals surface area (Å²) >= 11 is 1.07. The monoisotopic (exact) mass is 319 g/mol. The lowest BCUT2D eigenvalue weighted by Crippen LogP contribution is -2.38. The van der Waals surface area contributed by atoms with E-state index < -0.39 is 16.0 Å². The van der Waals surface area contributed by atoms with E-state index in [4.69, 9.17) is 4.74 Å². The second kappa shape index (κ2) is 6.21. The number of thiophene rings is 1. The quantitative estimate of drug-likeness (QED) is 0.766. The second-order valence-electron chi connectivity index (χ2n) is 4.47. The Morgan fingerprint density at radius 2 is 2.25 bits per heavy atom. The van der Waals surface area contributed by atoms with E-state index in [9.17, 15) is 13.2 Å². The molecule has 1 aromatic heterocycles. The fraction of sp³-hybridized carbons (Fsp3) is 0.583. The van der Waals surface area contributed by atoms with Crippen LogP contribution in [0.3, 0.4) is 0 Å². The summed E-state index contributed by atoms with van der Waals surface area (Å²) in [5, 5.41) is 1.58. The summed E-state index contributed by atoms with van der Waals surface area (Å²) in [7, 11) is -0.902. The van der Waals surface area contributed by atoms with Gasteiger partial charge < -0.3 is 9.47 Å². The molecule has 0 bridgehead atoms. The predicted molar refractivity (Wildman–Crippen MR) is 74.4 cm³/mol. The first-order valence-corrected chi connectivity index (χ1v) is 8.51. The zero-order chi connectivity index (χ0) is 14.8. The molecule has 1 unspecified atom stereocenters. The van der Waals surface area contributed by atoms with Gasteiger partial charge in [-0.1, -0.05) is 0 Å². The van der Waals surface area contributed by atoms with E-state index in [0.29, 0.717) is 13.2 Å². The Labute approximate surface area is 122 Å². The number of esters is 1. The average Bonchev–Trinajstić information content (AvgIpc) is 3.07. The molecule has 1 aliphatic rings. The Hall–Kier alpha value is -0.960. The Morgan fingerprint density at radius 3 is 2.90 bits per heavy atom. The van der Waals surface area contributed by atoms with Crippen LogP contribution in [0.15, 0.2) is 16.3 Å². The minimum atomic E-state index is -3.69. The number of carbonyl (C=O) groups is 1. The van der Waals surface area contributed by atoms with E-state index in [2.05, 4.69) is 4.74 Å². The highest BCUT2D eigenvalue weighted by molar-refractivity contribution is 7.89. The van der Waals surface area contributed by atoms with Gasteiger partial charge in [-0.15, -0.1) is 11.3 Å². The Morgan fingerprint density at radius 1 is 1.50 bits per heavy atom. The van der Waals surface area contributed by atoms with E-state index in [1.165, 1.54) is 17.5 Å². The summed E-state index contributed by atoms with van der Waals surface area (Å²) in [5.74, 6) is -0.624. The number of nitrogens with zero attached hydrogens (tertiary/aromatic N) is 1. The van der Waals surface area contributed by atoms with Gasteiger partial charge in [0.2, 0.25) is 10.0 Å². The lowest BCUT2D eigenvalue weighted by molar-refractivity contribution is 0.0602. The first-order chi connectivity index (χ1) is 9.52. The molecule has 1 aromatic rings. The molecule has 2 rings (SSSR count). The van der Waals surface area contributed by atoms with Crippen LogP contribution >= 0.6 is 11.3 Å². The maximum atomic E-state index is 12.7. The van der Waals surface area contributed by atoms with Crippen LogP contribution in [0.25, 0.3) is 0 Å². The van der Waals surface area contributed by atoms with Crippen molar-refractivity contribution in [1.82, 2.24) is 4.31 Å². The molecule has 1 atom stereocenters. The zero-order valence-electron chi connectivity index (χ0n) is 11.4.